The van der Waals surface area contributed by atoms with E-state index >= 15 is 0 Å². The van der Waals surface area contributed by atoms with Gasteiger partial charge >= 0.3 is 0 Å². The van der Waals surface area contributed by atoms with Gasteiger partial charge in [-0.05, 0) is 11.1 Å². The van der Waals surface area contributed by atoms with E-state index in [1.54, 1.807) is 6.20 Å². The first-order valence-corrected chi connectivity index (χ1v) is 6.67. The van der Waals surface area contributed by atoms with E-state index in [1.807, 2.05) is 30.3 Å². The lowest BCUT2D eigenvalue weighted by molar-refractivity contribution is 0.551. The molecule has 0 saturated carbocycles. The minimum absolute atomic E-state index is 0.340. The van der Waals surface area contributed by atoms with Crippen LogP contribution in [0.5, 0.6) is 0 Å². The summed E-state index contributed by atoms with van der Waals surface area (Å²) in [6, 6.07) is 9.63. The topological polar surface area (TPSA) is 49.7 Å². The summed E-state index contributed by atoms with van der Waals surface area (Å²) in [4.78, 5) is 3.94. The molecule has 1 heterocycles. The molecule has 1 aromatic rings. The van der Waals surface area contributed by atoms with E-state index in [2.05, 4.69) is 4.99 Å². The molecule has 1 aliphatic rings. The number of hydrogen-bond donors (Lipinski definition) is 0. The van der Waals surface area contributed by atoms with E-state index < -0.39 is 10.0 Å². The molecular formula is C11H12N2O2S. The smallest absolute Gasteiger partial charge is 0.233 e. The van der Waals surface area contributed by atoms with Crippen molar-refractivity contribution in [1.29, 1.82) is 0 Å². The van der Waals surface area contributed by atoms with Crippen LogP contribution >= 0.6 is 0 Å². The first-order valence-electron chi connectivity index (χ1n) is 4.82. The number of sulfonamides is 1. The molecule has 0 saturated heterocycles. The van der Waals surface area contributed by atoms with Crippen LogP contribution in [0.2, 0.25) is 0 Å². The maximum absolute atomic E-state index is 11.4. The normalized spacial score (nSPS) is 16.1. The van der Waals surface area contributed by atoms with Gasteiger partial charge in [-0.1, -0.05) is 30.3 Å². The first kappa shape index (κ1) is 10.9. The minimum atomic E-state index is -3.22. The molecule has 1 aliphatic heterocycles. The molecule has 0 amide bonds. The average molecular weight is 236 g/mol. The van der Waals surface area contributed by atoms with Gasteiger partial charge in [-0.2, -0.15) is 0 Å². The van der Waals surface area contributed by atoms with Crippen LogP contribution in [0.1, 0.15) is 5.56 Å². The van der Waals surface area contributed by atoms with Gasteiger partial charge in [0.1, 0.15) is 6.34 Å². The van der Waals surface area contributed by atoms with Gasteiger partial charge in [0, 0.05) is 6.20 Å². The molecule has 0 aliphatic carbocycles. The molecule has 2 rings (SSSR count). The Morgan fingerprint density at radius 2 is 1.94 bits per heavy atom. The number of aliphatic imine (C=N–C) groups is 1. The highest BCUT2D eigenvalue weighted by Crippen LogP contribution is 2.18. The van der Waals surface area contributed by atoms with Gasteiger partial charge in [-0.3, -0.25) is 4.31 Å². The molecule has 0 fully saturated rings. The van der Waals surface area contributed by atoms with Crippen LogP contribution < -0.4 is 0 Å². The van der Waals surface area contributed by atoms with E-state index in [0.717, 1.165) is 11.1 Å². The Morgan fingerprint density at radius 3 is 2.56 bits per heavy atom. The van der Waals surface area contributed by atoms with Crippen LogP contribution in [0.15, 0.2) is 41.5 Å². The van der Waals surface area contributed by atoms with Crippen molar-refractivity contribution in [3.05, 3.63) is 42.1 Å². The summed E-state index contributed by atoms with van der Waals surface area (Å²) in [6.07, 6.45) is 4.20. The van der Waals surface area contributed by atoms with Crippen molar-refractivity contribution in [2.75, 3.05) is 12.8 Å². The zero-order valence-corrected chi connectivity index (χ0v) is 9.68. The van der Waals surface area contributed by atoms with E-state index in [0.29, 0.717) is 6.54 Å². The van der Waals surface area contributed by atoms with Crippen LogP contribution in [0.25, 0.3) is 5.57 Å². The maximum Gasteiger partial charge on any atom is 0.233 e. The van der Waals surface area contributed by atoms with Crippen molar-refractivity contribution in [3.8, 4) is 0 Å². The number of benzene rings is 1. The highest BCUT2D eigenvalue weighted by atomic mass is 32.2. The molecule has 0 atom stereocenters. The molecular weight excluding hydrogens is 224 g/mol. The Kier molecular flexibility index (Phi) is 2.78. The molecule has 0 spiro atoms. The molecule has 4 nitrogen and oxygen atoms in total. The van der Waals surface area contributed by atoms with Crippen LogP contribution in [0.4, 0.5) is 0 Å². The molecule has 16 heavy (non-hydrogen) atoms. The zero-order chi connectivity index (χ0) is 11.6. The van der Waals surface area contributed by atoms with Crippen molar-refractivity contribution in [2.24, 2.45) is 4.99 Å². The Hall–Kier alpha value is -1.62. The zero-order valence-electron chi connectivity index (χ0n) is 8.87. The predicted octanol–water partition coefficient (Wildman–Crippen LogP) is 1.33. The summed E-state index contributed by atoms with van der Waals surface area (Å²) in [7, 11) is -3.22. The van der Waals surface area contributed by atoms with Crippen LogP contribution in [-0.4, -0.2) is 31.9 Å². The SMILES string of the molecule is CS(=O)(=O)N1C=NC=C(c2ccccc2)C1. The fourth-order valence-electron chi connectivity index (χ4n) is 1.47. The standard InChI is InChI=1S/C11H12N2O2S/c1-16(14,15)13-8-11(7-12-9-13)10-5-3-2-4-6-10/h2-7,9H,8H2,1H3. The average Bonchev–Trinajstić information content (AvgIpc) is 2.29. The minimum Gasteiger partial charge on any atom is -0.256 e. The quantitative estimate of drug-likeness (QED) is 0.777. The van der Waals surface area contributed by atoms with Gasteiger partial charge in [-0.25, -0.2) is 13.4 Å². The summed E-state index contributed by atoms with van der Waals surface area (Å²) < 4.78 is 24.0. The monoisotopic (exact) mass is 236 g/mol. The van der Waals surface area contributed by atoms with Crippen LogP contribution in [0.3, 0.4) is 0 Å². The molecule has 84 valence electrons. The summed E-state index contributed by atoms with van der Waals surface area (Å²) >= 11 is 0. The van der Waals surface area contributed by atoms with Crippen molar-refractivity contribution >= 4 is 21.9 Å². The third-order valence-corrected chi connectivity index (χ3v) is 3.40. The number of hydrogen-bond acceptors (Lipinski definition) is 3. The molecule has 0 bridgehead atoms. The summed E-state index contributed by atoms with van der Waals surface area (Å²) in [5.41, 5.74) is 1.89. The highest BCUT2D eigenvalue weighted by Gasteiger charge is 2.17. The molecule has 0 N–H and O–H groups in total. The largest absolute Gasteiger partial charge is 0.256 e. The van der Waals surface area contributed by atoms with Crippen molar-refractivity contribution < 1.29 is 8.42 Å². The van der Waals surface area contributed by atoms with Gasteiger partial charge in [0.15, 0.2) is 0 Å². The van der Waals surface area contributed by atoms with E-state index in [9.17, 15) is 8.42 Å². The molecule has 5 heteroatoms. The Balaban J connectivity index is 2.28. The predicted molar refractivity (Wildman–Crippen MR) is 64.5 cm³/mol. The van der Waals surface area contributed by atoms with Crippen molar-refractivity contribution in [3.63, 3.8) is 0 Å². The molecule has 1 aromatic carbocycles. The fraction of sp³-hybridized carbons (Fsp3) is 0.182. The lowest BCUT2D eigenvalue weighted by atomic mass is 10.1. The Labute approximate surface area is 95.0 Å². The molecule has 0 radical (unpaired) electrons. The second kappa shape index (κ2) is 4.09. The van der Waals surface area contributed by atoms with Gasteiger partial charge < -0.3 is 0 Å². The first-order chi connectivity index (χ1) is 7.57. The van der Waals surface area contributed by atoms with Gasteiger partial charge in [0.05, 0.1) is 12.8 Å². The van der Waals surface area contributed by atoms with E-state index in [-0.39, 0.29) is 0 Å². The molecule has 0 aromatic heterocycles. The van der Waals surface area contributed by atoms with Crippen molar-refractivity contribution in [1.82, 2.24) is 4.31 Å². The summed E-state index contributed by atoms with van der Waals surface area (Å²) in [6.45, 7) is 0.340. The Morgan fingerprint density at radius 1 is 1.25 bits per heavy atom. The summed E-state index contributed by atoms with van der Waals surface area (Å²) in [5, 5.41) is 0. The Bertz CT molecular complexity index is 532. The van der Waals surface area contributed by atoms with Crippen LogP contribution in [-0.2, 0) is 10.0 Å². The highest BCUT2D eigenvalue weighted by molar-refractivity contribution is 7.88. The van der Waals surface area contributed by atoms with Crippen LogP contribution in [0, 0.1) is 0 Å². The lowest BCUT2D eigenvalue weighted by Gasteiger charge is -2.21. The van der Waals surface area contributed by atoms with E-state index in [4.69, 9.17) is 0 Å². The van der Waals surface area contributed by atoms with Gasteiger partial charge in [0.2, 0.25) is 10.0 Å². The summed E-state index contributed by atoms with van der Waals surface area (Å²) in [5.74, 6) is 0. The third kappa shape index (κ3) is 2.30. The second-order valence-electron chi connectivity index (χ2n) is 3.59. The molecule has 0 unspecified atom stereocenters. The van der Waals surface area contributed by atoms with Gasteiger partial charge in [0.25, 0.3) is 0 Å². The maximum atomic E-state index is 11.4. The third-order valence-electron chi connectivity index (χ3n) is 2.32. The second-order valence-corrected chi connectivity index (χ2v) is 5.53. The van der Waals surface area contributed by atoms with Crippen molar-refractivity contribution in [2.45, 2.75) is 0 Å². The number of nitrogens with zero attached hydrogens (tertiary/aromatic N) is 2. The number of rotatable bonds is 2. The fourth-order valence-corrected chi connectivity index (χ4v) is 2.07. The van der Waals surface area contributed by atoms with Gasteiger partial charge in [-0.15, -0.1) is 0 Å². The van der Waals surface area contributed by atoms with E-state index in [1.165, 1.54) is 16.9 Å². The lowest BCUT2D eigenvalue weighted by Crippen LogP contribution is -2.31.